The number of aliphatic hydroxyl groups excluding tert-OH is 1. The molecule has 0 radical (unpaired) electrons. The molecule has 0 saturated carbocycles. The Morgan fingerprint density at radius 3 is 0.757 bits per heavy atom. The second-order valence-corrected chi connectivity index (χ2v) is 11.4. The van der Waals surface area contributed by atoms with Gasteiger partial charge in [-0.25, -0.2) is 0 Å². The monoisotopic (exact) mass is 526 g/mol. The highest BCUT2D eigenvalue weighted by Crippen LogP contribution is 2.17. The summed E-state index contributed by atoms with van der Waals surface area (Å²) in [5, 5.41) is 27.4. The smallest absolute Gasteiger partial charge is 0.303 e. The maximum Gasteiger partial charge on any atom is 0.303 e. The van der Waals surface area contributed by atoms with Gasteiger partial charge in [0, 0.05) is 12.8 Å². The van der Waals surface area contributed by atoms with Crippen molar-refractivity contribution in [2.45, 2.75) is 192 Å². The van der Waals surface area contributed by atoms with Gasteiger partial charge < -0.3 is 15.3 Å². The molecule has 0 amide bonds. The molecule has 0 aromatic rings. The largest absolute Gasteiger partial charge is 0.481 e. The van der Waals surface area contributed by atoms with Crippen molar-refractivity contribution in [3.63, 3.8) is 0 Å². The Hall–Kier alpha value is -1.10. The van der Waals surface area contributed by atoms with E-state index in [2.05, 4.69) is 0 Å². The number of carbonyl (C=O) groups is 2. The first-order valence-corrected chi connectivity index (χ1v) is 16.1. The summed E-state index contributed by atoms with van der Waals surface area (Å²) in [6, 6.07) is 0. The maximum absolute atomic E-state index is 10.5. The Balaban J connectivity index is 3.16. The highest BCUT2D eigenvalue weighted by Gasteiger charge is 2.04. The van der Waals surface area contributed by atoms with Crippen LogP contribution in [-0.4, -0.2) is 33.4 Å². The summed E-state index contributed by atoms with van der Waals surface area (Å²) in [7, 11) is 0. The Morgan fingerprint density at radius 2 is 0.541 bits per heavy atom. The van der Waals surface area contributed by atoms with Crippen LogP contribution in [0, 0.1) is 0 Å². The van der Waals surface area contributed by atoms with E-state index < -0.39 is 11.9 Å². The van der Waals surface area contributed by atoms with E-state index in [1.165, 1.54) is 122 Å². The molecular weight excluding hydrogens is 464 g/mol. The average molecular weight is 527 g/mol. The van der Waals surface area contributed by atoms with Gasteiger partial charge in [-0.1, -0.05) is 148 Å². The van der Waals surface area contributed by atoms with E-state index in [1.807, 2.05) is 0 Å². The molecule has 0 bridgehead atoms. The summed E-state index contributed by atoms with van der Waals surface area (Å²) in [6.07, 6.45) is 33.2. The number of hydrogen-bond donors (Lipinski definition) is 3. The fourth-order valence-corrected chi connectivity index (χ4v) is 5.17. The van der Waals surface area contributed by atoms with Gasteiger partial charge in [0.15, 0.2) is 0 Å². The minimum Gasteiger partial charge on any atom is -0.481 e. The Kier molecular flexibility index (Phi) is 28.6. The molecule has 0 fully saturated rings. The number of carboxylic acid groups (broad SMARTS) is 2. The van der Waals surface area contributed by atoms with E-state index in [9.17, 15) is 14.7 Å². The quantitative estimate of drug-likeness (QED) is 0.0781. The van der Waals surface area contributed by atoms with Crippen LogP contribution in [0.2, 0.25) is 0 Å². The van der Waals surface area contributed by atoms with Crippen molar-refractivity contribution in [1.29, 1.82) is 0 Å². The number of aliphatic carboxylic acids is 2. The van der Waals surface area contributed by atoms with Crippen molar-refractivity contribution in [2.24, 2.45) is 0 Å². The molecule has 3 N–H and O–H groups in total. The predicted octanol–water partition coefficient (Wildman–Crippen LogP) is 9.83. The number of rotatable bonds is 31. The molecule has 0 heterocycles. The summed E-state index contributed by atoms with van der Waals surface area (Å²) in [6.45, 7) is 0. The third-order valence-corrected chi connectivity index (χ3v) is 7.61. The van der Waals surface area contributed by atoms with Crippen molar-refractivity contribution in [2.75, 3.05) is 0 Å². The van der Waals surface area contributed by atoms with Crippen LogP contribution in [0.3, 0.4) is 0 Å². The number of carboxylic acids is 2. The van der Waals surface area contributed by atoms with Crippen molar-refractivity contribution < 1.29 is 24.9 Å². The predicted molar refractivity (Wildman–Crippen MR) is 155 cm³/mol. The molecule has 0 saturated heterocycles. The zero-order valence-corrected chi connectivity index (χ0v) is 24.2. The number of aliphatic hydroxyl groups is 1. The van der Waals surface area contributed by atoms with Crippen molar-refractivity contribution in [3.05, 3.63) is 0 Å². The molecule has 5 heteroatoms. The van der Waals surface area contributed by atoms with Gasteiger partial charge in [0.05, 0.1) is 6.10 Å². The highest BCUT2D eigenvalue weighted by molar-refractivity contribution is 5.66. The molecular formula is C32H62O5. The van der Waals surface area contributed by atoms with Crippen molar-refractivity contribution >= 4 is 11.9 Å². The molecule has 0 spiro atoms. The molecule has 1 atom stereocenters. The fraction of sp³-hybridized carbons (Fsp3) is 0.938. The summed E-state index contributed by atoms with van der Waals surface area (Å²) in [4.78, 5) is 20.9. The number of unbranched alkanes of at least 4 members (excludes halogenated alkanes) is 23. The second kappa shape index (κ2) is 29.5. The van der Waals surface area contributed by atoms with E-state index in [-0.39, 0.29) is 6.10 Å². The molecule has 220 valence electrons. The van der Waals surface area contributed by atoms with Crippen LogP contribution in [0.1, 0.15) is 186 Å². The SMILES string of the molecule is O=C(O)CCCCCCCCCCCCCCCCCCC(O)CCCCCCCCCCCC(=O)O. The van der Waals surface area contributed by atoms with Crippen LogP contribution >= 0.6 is 0 Å². The topological polar surface area (TPSA) is 94.8 Å². The lowest BCUT2D eigenvalue weighted by atomic mass is 10.0. The summed E-state index contributed by atoms with van der Waals surface area (Å²) < 4.78 is 0. The first-order chi connectivity index (χ1) is 18.0. The average Bonchev–Trinajstić information content (AvgIpc) is 2.86. The molecule has 0 aliphatic heterocycles. The Labute approximate surface area is 229 Å². The minimum absolute atomic E-state index is 0.105. The van der Waals surface area contributed by atoms with E-state index in [0.29, 0.717) is 12.8 Å². The molecule has 0 rings (SSSR count). The number of hydrogen-bond acceptors (Lipinski definition) is 3. The summed E-state index contributed by atoms with van der Waals surface area (Å²) >= 11 is 0. The van der Waals surface area contributed by atoms with Gasteiger partial charge in [0.2, 0.25) is 0 Å². The van der Waals surface area contributed by atoms with Crippen molar-refractivity contribution in [1.82, 2.24) is 0 Å². The maximum atomic E-state index is 10.5. The first-order valence-electron chi connectivity index (χ1n) is 16.1. The van der Waals surface area contributed by atoms with Gasteiger partial charge in [-0.3, -0.25) is 9.59 Å². The lowest BCUT2D eigenvalue weighted by molar-refractivity contribution is -0.138. The fourth-order valence-electron chi connectivity index (χ4n) is 5.17. The van der Waals surface area contributed by atoms with Gasteiger partial charge in [-0.15, -0.1) is 0 Å². The van der Waals surface area contributed by atoms with Gasteiger partial charge >= 0.3 is 11.9 Å². The molecule has 1 unspecified atom stereocenters. The normalized spacial score (nSPS) is 12.1. The minimum atomic E-state index is -0.678. The zero-order chi connectivity index (χ0) is 27.2. The lowest BCUT2D eigenvalue weighted by Crippen LogP contribution is -2.05. The van der Waals surface area contributed by atoms with Gasteiger partial charge in [-0.2, -0.15) is 0 Å². The van der Waals surface area contributed by atoms with Crippen LogP contribution in [0.25, 0.3) is 0 Å². The van der Waals surface area contributed by atoms with E-state index in [0.717, 1.165) is 51.4 Å². The molecule has 5 nitrogen and oxygen atoms in total. The Morgan fingerprint density at radius 1 is 0.351 bits per heavy atom. The molecule has 37 heavy (non-hydrogen) atoms. The second-order valence-electron chi connectivity index (χ2n) is 11.4. The van der Waals surface area contributed by atoms with Crippen LogP contribution in [0.5, 0.6) is 0 Å². The van der Waals surface area contributed by atoms with Crippen LogP contribution in [0.4, 0.5) is 0 Å². The molecule has 0 aromatic heterocycles. The van der Waals surface area contributed by atoms with E-state index in [1.54, 1.807) is 0 Å². The van der Waals surface area contributed by atoms with Crippen LogP contribution < -0.4 is 0 Å². The van der Waals surface area contributed by atoms with E-state index in [4.69, 9.17) is 10.2 Å². The first kappa shape index (κ1) is 35.9. The third kappa shape index (κ3) is 32.9. The summed E-state index contributed by atoms with van der Waals surface area (Å²) in [5.74, 6) is -1.34. The third-order valence-electron chi connectivity index (χ3n) is 7.61. The van der Waals surface area contributed by atoms with Crippen molar-refractivity contribution in [3.8, 4) is 0 Å². The molecule has 0 aromatic carbocycles. The van der Waals surface area contributed by atoms with Crippen LogP contribution in [0.15, 0.2) is 0 Å². The molecule has 0 aliphatic rings. The molecule has 0 aliphatic carbocycles. The van der Waals surface area contributed by atoms with Gasteiger partial charge in [0.25, 0.3) is 0 Å². The summed E-state index contributed by atoms with van der Waals surface area (Å²) in [5.41, 5.74) is 0. The van der Waals surface area contributed by atoms with Gasteiger partial charge in [-0.05, 0) is 25.7 Å². The Bertz CT molecular complexity index is 494. The van der Waals surface area contributed by atoms with Crippen LogP contribution in [-0.2, 0) is 9.59 Å². The van der Waals surface area contributed by atoms with Gasteiger partial charge in [0.1, 0.15) is 0 Å². The zero-order valence-electron chi connectivity index (χ0n) is 24.2. The lowest BCUT2D eigenvalue weighted by Gasteiger charge is -2.10. The highest BCUT2D eigenvalue weighted by atomic mass is 16.4. The standard InChI is InChI=1S/C32H62O5/c33-30(27-23-19-15-11-9-13-17-21-25-29-32(36)37)26-22-18-14-10-7-5-3-1-2-4-6-8-12-16-20-24-28-31(34)35/h30,33H,1-29H2,(H,34,35)(H,36,37). The van der Waals surface area contributed by atoms with E-state index >= 15 is 0 Å².